The highest BCUT2D eigenvalue weighted by Crippen LogP contribution is 2.42. The Hall–Kier alpha value is -3.83. The Balaban J connectivity index is 0.000000255. The third-order valence-corrected chi connectivity index (χ3v) is 7.06. The van der Waals surface area contributed by atoms with Crippen LogP contribution in [0.25, 0.3) is 0 Å². The molecule has 2 aliphatic rings. The minimum Gasteiger partial charge on any atom is -0.390 e. The van der Waals surface area contributed by atoms with E-state index in [4.69, 9.17) is 4.84 Å². The first-order chi connectivity index (χ1) is 18.4. The van der Waals surface area contributed by atoms with Crippen LogP contribution in [0.15, 0.2) is 23.4 Å². The van der Waals surface area contributed by atoms with Gasteiger partial charge in [-0.15, -0.1) is 0 Å². The van der Waals surface area contributed by atoms with Crippen LogP contribution in [0.5, 0.6) is 0 Å². The molecule has 4 rings (SSSR count). The molecule has 39 heavy (non-hydrogen) atoms. The van der Waals surface area contributed by atoms with Crippen molar-refractivity contribution in [2.24, 2.45) is 24.0 Å². The number of hydrogen-bond donors (Lipinski definition) is 0. The average Bonchev–Trinajstić information content (AvgIpc) is 3.21. The van der Waals surface area contributed by atoms with E-state index in [1.165, 1.54) is 24.2 Å². The van der Waals surface area contributed by atoms with Crippen LogP contribution in [0.2, 0.25) is 0 Å². The van der Waals surface area contributed by atoms with Gasteiger partial charge in [0.1, 0.15) is 29.0 Å². The van der Waals surface area contributed by atoms with Gasteiger partial charge in [-0.05, 0) is 71.6 Å². The number of aromatic nitrogens is 3. The number of rotatable bonds is 4. The summed E-state index contributed by atoms with van der Waals surface area (Å²) in [6.07, 6.45) is 5.82. The SMILES string of the molecule is CC1CCC(N(C)C2c3nc(C#N)ccc3N(C)C(=O)C2C#N)CC1.Cn1nc(/C=N\OC(C)(C)C)cc1F. The highest BCUT2D eigenvalue weighted by atomic mass is 19.1. The Morgan fingerprint density at radius 3 is 2.41 bits per heavy atom. The third-order valence-electron chi connectivity index (χ3n) is 7.06. The molecule has 1 amide bonds. The highest BCUT2D eigenvalue weighted by Gasteiger charge is 2.44. The van der Waals surface area contributed by atoms with Crippen molar-refractivity contribution in [1.29, 1.82) is 10.5 Å². The molecule has 2 atom stereocenters. The lowest BCUT2D eigenvalue weighted by atomic mass is 9.83. The number of anilines is 1. The summed E-state index contributed by atoms with van der Waals surface area (Å²) in [7, 11) is 5.17. The Morgan fingerprint density at radius 1 is 1.21 bits per heavy atom. The molecule has 0 N–H and O–H groups in total. The molecule has 10 nitrogen and oxygen atoms in total. The monoisotopic (exact) mass is 536 g/mol. The quantitative estimate of drug-likeness (QED) is 0.421. The zero-order valence-electron chi connectivity index (χ0n) is 23.7. The Morgan fingerprint density at radius 2 is 1.87 bits per heavy atom. The molecule has 1 saturated carbocycles. The maximum atomic E-state index is 12.8. The van der Waals surface area contributed by atoms with Crippen molar-refractivity contribution >= 4 is 17.8 Å². The fraction of sp³-hybridized carbons (Fsp3) is 0.571. The van der Waals surface area contributed by atoms with Gasteiger partial charge in [-0.25, -0.2) is 9.67 Å². The summed E-state index contributed by atoms with van der Waals surface area (Å²) < 4.78 is 13.9. The van der Waals surface area contributed by atoms with Gasteiger partial charge in [0.05, 0.1) is 29.7 Å². The number of nitriles is 2. The third kappa shape index (κ3) is 7.18. The first-order valence-corrected chi connectivity index (χ1v) is 13.1. The smallest absolute Gasteiger partial charge is 0.246 e. The van der Waals surface area contributed by atoms with Crippen molar-refractivity contribution in [2.45, 2.75) is 71.1 Å². The molecule has 208 valence electrons. The number of carbonyl (C=O) groups is 1. The van der Waals surface area contributed by atoms with E-state index in [0.29, 0.717) is 28.8 Å². The van der Waals surface area contributed by atoms with Crippen molar-refractivity contribution in [3.8, 4) is 12.1 Å². The Labute approximate surface area is 229 Å². The number of oxime groups is 1. The molecule has 0 spiro atoms. The van der Waals surface area contributed by atoms with Crippen LogP contribution in [0.1, 0.15) is 76.5 Å². The molecule has 0 bridgehead atoms. The van der Waals surface area contributed by atoms with Crippen LogP contribution in [0, 0.1) is 40.4 Å². The maximum absolute atomic E-state index is 12.8. The summed E-state index contributed by atoms with van der Waals surface area (Å²) >= 11 is 0. The normalized spacial score (nSPS) is 23.1. The molecule has 1 fully saturated rings. The van der Waals surface area contributed by atoms with Crippen molar-refractivity contribution in [2.75, 3.05) is 19.0 Å². The lowest BCUT2D eigenvalue weighted by Gasteiger charge is -2.43. The predicted molar refractivity (Wildman–Crippen MR) is 145 cm³/mol. The van der Waals surface area contributed by atoms with Crippen molar-refractivity contribution in [3.63, 3.8) is 0 Å². The van der Waals surface area contributed by atoms with Gasteiger partial charge in [-0.2, -0.15) is 20.0 Å². The van der Waals surface area contributed by atoms with Crippen LogP contribution in [-0.4, -0.2) is 57.5 Å². The molecule has 11 heteroatoms. The summed E-state index contributed by atoms with van der Waals surface area (Å²) in [5, 5.41) is 26.4. The molecule has 1 aliphatic carbocycles. The molecule has 0 aromatic carbocycles. The zero-order chi connectivity index (χ0) is 28.9. The summed E-state index contributed by atoms with van der Waals surface area (Å²) in [6, 6.07) is 8.84. The topological polar surface area (TPSA) is 123 Å². The van der Waals surface area contributed by atoms with Gasteiger partial charge in [0.25, 0.3) is 0 Å². The van der Waals surface area contributed by atoms with Crippen LogP contribution in [-0.2, 0) is 16.7 Å². The number of amides is 1. The number of aryl methyl sites for hydroxylation is 1. The fourth-order valence-corrected chi connectivity index (χ4v) is 4.85. The predicted octanol–water partition coefficient (Wildman–Crippen LogP) is 4.33. The van der Waals surface area contributed by atoms with E-state index in [-0.39, 0.29) is 11.5 Å². The van der Waals surface area contributed by atoms with E-state index >= 15 is 0 Å². The average molecular weight is 537 g/mol. The lowest BCUT2D eigenvalue weighted by molar-refractivity contribution is -0.123. The zero-order valence-corrected chi connectivity index (χ0v) is 23.7. The van der Waals surface area contributed by atoms with E-state index < -0.39 is 17.9 Å². The van der Waals surface area contributed by atoms with E-state index in [2.05, 4.69) is 39.2 Å². The minimum absolute atomic E-state index is 0.206. The number of carbonyl (C=O) groups excluding carboxylic acids is 1. The lowest BCUT2D eigenvalue weighted by Crippen LogP contribution is -2.49. The second kappa shape index (κ2) is 12.4. The van der Waals surface area contributed by atoms with Crippen molar-refractivity contribution < 1.29 is 14.0 Å². The highest BCUT2D eigenvalue weighted by molar-refractivity contribution is 5.99. The Kier molecular flexibility index (Phi) is 9.41. The van der Waals surface area contributed by atoms with Gasteiger partial charge in [-0.1, -0.05) is 12.1 Å². The number of hydrogen-bond acceptors (Lipinski definition) is 8. The van der Waals surface area contributed by atoms with E-state index in [0.717, 1.165) is 36.3 Å². The first-order valence-electron chi connectivity index (χ1n) is 13.1. The largest absolute Gasteiger partial charge is 0.390 e. The van der Waals surface area contributed by atoms with Gasteiger partial charge in [0.15, 0.2) is 0 Å². The van der Waals surface area contributed by atoms with E-state index in [1.54, 1.807) is 19.2 Å². The van der Waals surface area contributed by atoms with Crippen LogP contribution >= 0.6 is 0 Å². The van der Waals surface area contributed by atoms with E-state index in [9.17, 15) is 19.7 Å². The molecule has 0 radical (unpaired) electrons. The number of pyridine rings is 1. The van der Waals surface area contributed by atoms with Crippen LogP contribution in [0.4, 0.5) is 10.1 Å². The summed E-state index contributed by atoms with van der Waals surface area (Å²) in [6.45, 7) is 7.90. The number of fused-ring (bicyclic) bond motifs is 1. The van der Waals surface area contributed by atoms with Gasteiger partial charge in [0, 0.05) is 26.2 Å². The second-order valence-electron chi connectivity index (χ2n) is 11.2. The molecule has 3 heterocycles. The Bertz CT molecular complexity index is 1260. The summed E-state index contributed by atoms with van der Waals surface area (Å²) in [5.41, 5.74) is 1.76. The fourth-order valence-electron chi connectivity index (χ4n) is 4.85. The molecule has 2 unspecified atom stereocenters. The molecule has 2 aromatic rings. The van der Waals surface area contributed by atoms with Gasteiger partial charge in [0.2, 0.25) is 11.9 Å². The first kappa shape index (κ1) is 29.7. The second-order valence-corrected chi connectivity index (χ2v) is 11.2. The van der Waals surface area contributed by atoms with Gasteiger partial charge < -0.3 is 9.74 Å². The molecular formula is C28H37FN8O2. The van der Waals surface area contributed by atoms with Crippen molar-refractivity contribution in [1.82, 2.24) is 19.7 Å². The number of halogens is 1. The van der Waals surface area contributed by atoms with Crippen LogP contribution < -0.4 is 4.90 Å². The standard InChI is InChI=1S/C19H23N5O.C9H14FN3O/c1-12-4-7-14(8-5-12)23(2)18-15(11-21)19(25)24(3)16-9-6-13(10-20)22-17(16)18;1-9(2,3)14-11-6-7-5-8(10)13(4)12-7/h6,9,12,14-15,18H,4-5,7-8H2,1-3H3;5-6H,1-4H3/b;11-6-. The maximum Gasteiger partial charge on any atom is 0.246 e. The minimum atomic E-state index is -0.803. The van der Waals surface area contributed by atoms with Crippen LogP contribution in [0.3, 0.4) is 0 Å². The summed E-state index contributed by atoms with van der Waals surface area (Å²) in [4.78, 5) is 25.9. The van der Waals surface area contributed by atoms with E-state index in [1.807, 2.05) is 27.8 Å². The molecule has 2 aromatic heterocycles. The molecule has 0 saturated heterocycles. The van der Waals surface area contributed by atoms with Crippen molar-refractivity contribution in [3.05, 3.63) is 41.2 Å². The molecule has 1 aliphatic heterocycles. The number of nitrogens with zero attached hydrogens (tertiary/aromatic N) is 8. The van der Waals surface area contributed by atoms with Gasteiger partial charge >= 0.3 is 0 Å². The van der Waals surface area contributed by atoms with Gasteiger partial charge in [-0.3, -0.25) is 9.69 Å². The molecular weight excluding hydrogens is 499 g/mol. The summed E-state index contributed by atoms with van der Waals surface area (Å²) in [5.74, 6) is -0.681.